The van der Waals surface area contributed by atoms with E-state index in [0.717, 1.165) is 0 Å². The summed E-state index contributed by atoms with van der Waals surface area (Å²) in [6.45, 7) is 0. The first-order valence-electron chi connectivity index (χ1n) is 11.7. The molecule has 0 nitrogen and oxygen atoms in total. The Morgan fingerprint density at radius 1 is 0.576 bits per heavy atom. The molecule has 0 aliphatic heterocycles. The third-order valence-corrected chi connectivity index (χ3v) is 8.58. The fourth-order valence-corrected chi connectivity index (χ4v) is 6.83. The van der Waals surface area contributed by atoms with Crippen molar-refractivity contribution in [1.29, 1.82) is 0 Å². The second-order valence-corrected chi connectivity index (χ2v) is 10.9. The molecule has 0 saturated carbocycles. The van der Waals surface area contributed by atoms with Gasteiger partial charge in [-0.3, -0.25) is 0 Å². The van der Waals surface area contributed by atoms with E-state index >= 15 is 0 Å². The minimum absolute atomic E-state index is 0.503. The van der Waals surface area contributed by atoms with Crippen LogP contribution in [0.3, 0.4) is 0 Å². The molecule has 1 heteroatoms. The van der Waals surface area contributed by atoms with Crippen LogP contribution in [0.1, 0.15) is 40.5 Å². The van der Waals surface area contributed by atoms with E-state index in [4.69, 9.17) is 0 Å². The Morgan fingerprint density at radius 3 is 1.76 bits per heavy atom. The molecule has 0 N–H and O–H groups in total. The van der Waals surface area contributed by atoms with Gasteiger partial charge in [0, 0.05) is 0 Å². The first kappa shape index (κ1) is 20.8. The van der Waals surface area contributed by atoms with E-state index in [1.807, 2.05) is 0 Å². The van der Waals surface area contributed by atoms with Gasteiger partial charge in [-0.05, 0) is 0 Å². The minimum atomic E-state index is 0.503. The Balaban J connectivity index is 1.27. The summed E-state index contributed by atoms with van der Waals surface area (Å²) in [6, 6.07) is 35.2. The van der Waals surface area contributed by atoms with E-state index in [2.05, 4.69) is 121 Å². The van der Waals surface area contributed by atoms with Gasteiger partial charge in [-0.15, -0.1) is 0 Å². The van der Waals surface area contributed by atoms with Crippen LogP contribution >= 0.6 is 0 Å². The van der Waals surface area contributed by atoms with Gasteiger partial charge in [0.05, 0.1) is 0 Å². The van der Waals surface area contributed by atoms with Crippen LogP contribution in [0.25, 0.3) is 34.4 Å². The topological polar surface area (TPSA) is 0 Å². The molecule has 0 radical (unpaired) electrons. The monoisotopic (exact) mass is 499 g/mol. The SMILES string of the molecule is [Zr][CH](CC1C=Cc2c(-c3ccccc3)cccc21)C1C=Cc2c(-c3ccccc3)cccc21. The van der Waals surface area contributed by atoms with Gasteiger partial charge in [0.15, 0.2) is 0 Å². The molecule has 3 atom stereocenters. The van der Waals surface area contributed by atoms with Crippen LogP contribution < -0.4 is 0 Å². The van der Waals surface area contributed by atoms with Crippen LogP contribution in [0.15, 0.2) is 109 Å². The predicted molar refractivity (Wildman–Crippen MR) is 136 cm³/mol. The molecule has 0 heterocycles. The Morgan fingerprint density at radius 2 is 1.12 bits per heavy atom. The molecule has 0 bridgehead atoms. The molecule has 0 amide bonds. The number of hydrogen-bond donors (Lipinski definition) is 0. The van der Waals surface area contributed by atoms with Gasteiger partial charge in [0.25, 0.3) is 0 Å². The third kappa shape index (κ3) is 3.83. The second-order valence-electron chi connectivity index (χ2n) is 9.04. The van der Waals surface area contributed by atoms with Crippen molar-refractivity contribution in [2.75, 3.05) is 0 Å². The van der Waals surface area contributed by atoms with Gasteiger partial charge < -0.3 is 0 Å². The van der Waals surface area contributed by atoms with Crippen LogP contribution in [0.2, 0.25) is 3.63 Å². The Kier molecular flexibility index (Phi) is 5.61. The van der Waals surface area contributed by atoms with Crippen molar-refractivity contribution in [3.63, 3.8) is 0 Å². The Bertz CT molecular complexity index is 1350. The van der Waals surface area contributed by atoms with Crippen molar-refractivity contribution in [1.82, 2.24) is 0 Å². The normalized spacial score (nSPS) is 18.8. The van der Waals surface area contributed by atoms with Crippen LogP contribution in [-0.2, 0) is 24.7 Å². The molecule has 157 valence electrons. The molecule has 2 aliphatic rings. The van der Waals surface area contributed by atoms with Crippen molar-refractivity contribution in [2.24, 2.45) is 0 Å². The quantitative estimate of drug-likeness (QED) is 0.257. The molecule has 0 aromatic heterocycles. The third-order valence-electron chi connectivity index (χ3n) is 7.11. The fourth-order valence-electron chi connectivity index (χ4n) is 5.49. The zero-order valence-electron chi connectivity index (χ0n) is 18.5. The summed E-state index contributed by atoms with van der Waals surface area (Å²) in [5.41, 5.74) is 11.1. The molecule has 33 heavy (non-hydrogen) atoms. The zero-order chi connectivity index (χ0) is 22.2. The van der Waals surface area contributed by atoms with Crippen molar-refractivity contribution >= 4 is 12.2 Å². The summed E-state index contributed by atoms with van der Waals surface area (Å²) in [7, 11) is 0. The molecule has 4 aromatic rings. The first-order chi connectivity index (χ1) is 16.3. The number of hydrogen-bond acceptors (Lipinski definition) is 0. The number of benzene rings is 4. The Hall–Kier alpha value is -2.76. The van der Waals surface area contributed by atoms with Crippen molar-refractivity contribution in [2.45, 2.75) is 21.9 Å². The number of allylic oxidation sites excluding steroid dienone is 2. The van der Waals surface area contributed by atoms with Gasteiger partial charge in [-0.25, -0.2) is 0 Å². The molecular weight excluding hydrogens is 476 g/mol. The van der Waals surface area contributed by atoms with Gasteiger partial charge in [-0.2, -0.15) is 0 Å². The van der Waals surface area contributed by atoms with Crippen molar-refractivity contribution in [3.8, 4) is 22.3 Å². The molecule has 6 rings (SSSR count). The molecule has 2 aliphatic carbocycles. The van der Waals surface area contributed by atoms with E-state index in [1.54, 1.807) is 24.7 Å². The fraction of sp³-hybridized carbons (Fsp3) is 0.125. The summed E-state index contributed by atoms with van der Waals surface area (Å²) in [5, 5.41) is 0. The molecule has 0 spiro atoms. The van der Waals surface area contributed by atoms with Crippen LogP contribution in [-0.4, -0.2) is 0 Å². The van der Waals surface area contributed by atoms with Gasteiger partial charge >= 0.3 is 212 Å². The van der Waals surface area contributed by atoms with Gasteiger partial charge in [0.1, 0.15) is 0 Å². The molecular formula is C32H25Zr. The second kappa shape index (κ2) is 8.88. The van der Waals surface area contributed by atoms with Crippen LogP contribution in [0.5, 0.6) is 0 Å². The number of rotatable bonds is 5. The first-order valence-corrected chi connectivity index (χ1v) is 13.2. The average Bonchev–Trinajstić information content (AvgIpc) is 3.49. The summed E-state index contributed by atoms with van der Waals surface area (Å²) in [5.74, 6) is 1.01. The van der Waals surface area contributed by atoms with E-state index in [0.29, 0.717) is 15.5 Å². The van der Waals surface area contributed by atoms with Crippen molar-refractivity contribution in [3.05, 3.63) is 131 Å². The van der Waals surface area contributed by atoms with Gasteiger partial charge in [0.2, 0.25) is 0 Å². The Labute approximate surface area is 211 Å². The van der Waals surface area contributed by atoms with Crippen LogP contribution in [0.4, 0.5) is 0 Å². The number of fused-ring (bicyclic) bond motifs is 2. The summed E-state index contributed by atoms with van der Waals surface area (Å²) in [6.07, 6.45) is 10.8. The molecule has 4 aromatic carbocycles. The molecule has 3 unspecified atom stereocenters. The molecule has 0 fully saturated rings. The van der Waals surface area contributed by atoms with Crippen LogP contribution in [0, 0.1) is 0 Å². The maximum absolute atomic E-state index is 2.45. The van der Waals surface area contributed by atoms with E-state index in [1.165, 1.54) is 50.9 Å². The summed E-state index contributed by atoms with van der Waals surface area (Å²) >= 11 is 1.62. The maximum atomic E-state index is 2.45. The van der Waals surface area contributed by atoms with E-state index in [-0.39, 0.29) is 0 Å². The standard InChI is InChI=1S/C32H25.Zr/c1-3-9-23(10-4-1)27-13-7-15-29-25(19-21-31(27)29)17-18-26-20-22-32-28(14-8-16-30(26)32)24-11-5-2-6-12-24;/h1-17,19-22,25-26H,18H2;. The van der Waals surface area contributed by atoms with E-state index in [9.17, 15) is 0 Å². The van der Waals surface area contributed by atoms with E-state index < -0.39 is 0 Å². The molecule has 0 saturated heterocycles. The summed E-state index contributed by atoms with van der Waals surface area (Å²) < 4.78 is 0.654. The predicted octanol–water partition coefficient (Wildman–Crippen LogP) is 8.67. The van der Waals surface area contributed by atoms with Gasteiger partial charge in [-0.1, -0.05) is 0 Å². The average molecular weight is 501 g/mol. The van der Waals surface area contributed by atoms with Crippen molar-refractivity contribution < 1.29 is 24.7 Å². The zero-order valence-corrected chi connectivity index (χ0v) is 20.9. The summed E-state index contributed by atoms with van der Waals surface area (Å²) in [4.78, 5) is 0.